The minimum absolute atomic E-state index is 0.0968. The number of nitrogens with one attached hydrogen (secondary N) is 1. The highest BCUT2D eigenvalue weighted by molar-refractivity contribution is 5.92. The number of hydrogen-bond acceptors (Lipinski definition) is 5. The van der Waals surface area contributed by atoms with Gasteiger partial charge in [-0.1, -0.05) is 6.07 Å². The van der Waals surface area contributed by atoms with E-state index in [1.807, 2.05) is 24.8 Å². The molecule has 1 aromatic heterocycles. The molecule has 2 heterocycles. The van der Waals surface area contributed by atoms with E-state index in [1.54, 1.807) is 12.1 Å². The molecule has 0 saturated carbocycles. The summed E-state index contributed by atoms with van der Waals surface area (Å²) in [7, 11) is 0. The van der Waals surface area contributed by atoms with Gasteiger partial charge in [0.15, 0.2) is 0 Å². The topological polar surface area (TPSA) is 120 Å². The summed E-state index contributed by atoms with van der Waals surface area (Å²) < 4.78 is 13.2. The van der Waals surface area contributed by atoms with Crippen LogP contribution in [0.15, 0.2) is 29.1 Å². The van der Waals surface area contributed by atoms with Crippen molar-refractivity contribution in [3.63, 3.8) is 0 Å². The van der Waals surface area contributed by atoms with Crippen molar-refractivity contribution in [3.8, 4) is 5.75 Å². The van der Waals surface area contributed by atoms with Gasteiger partial charge < -0.3 is 20.9 Å². The number of hydrogen-bond donors (Lipinski definition) is 4. The number of aromatic nitrogens is 1. The molecule has 166 valence electrons. The van der Waals surface area contributed by atoms with Gasteiger partial charge in [-0.2, -0.15) is 0 Å². The predicted molar refractivity (Wildman–Crippen MR) is 114 cm³/mol. The Hall–Kier alpha value is -2.71. The summed E-state index contributed by atoms with van der Waals surface area (Å²) >= 11 is 0. The van der Waals surface area contributed by atoms with Gasteiger partial charge in [-0.3, -0.25) is 14.5 Å². The van der Waals surface area contributed by atoms with Crippen LogP contribution in [0.5, 0.6) is 5.75 Å². The maximum absolute atomic E-state index is 13.2. The van der Waals surface area contributed by atoms with Crippen LogP contribution in [-0.2, 0) is 18.3 Å². The van der Waals surface area contributed by atoms with Crippen molar-refractivity contribution in [3.05, 3.63) is 62.6 Å². The van der Waals surface area contributed by atoms with Gasteiger partial charge in [0.05, 0.1) is 5.60 Å². The molecule has 7 nitrogen and oxygen atoms in total. The Bertz CT molecular complexity index is 1100. The average molecular weight is 429 g/mol. The van der Waals surface area contributed by atoms with E-state index < -0.39 is 35.2 Å². The van der Waals surface area contributed by atoms with E-state index in [0.29, 0.717) is 30.6 Å². The second kappa shape index (κ2) is 7.46. The standard InChI is InChI=1S/C23H28FN3O4/c1-13-3-4-16(28)10-18(13)22-5-7-27(8-6-24)14(2)23(22,31)11-15-9-17(20(25)29)21(30)26-19(15)12-22/h3-4,9-10,14,28,31H,5-8,11-12H2,1-2H3,(H2,25,29)(H,26,30). The smallest absolute Gasteiger partial charge is 0.261 e. The number of aromatic amines is 1. The van der Waals surface area contributed by atoms with Gasteiger partial charge in [0.1, 0.15) is 18.0 Å². The number of alkyl halides is 1. The summed E-state index contributed by atoms with van der Waals surface area (Å²) in [5.74, 6) is -0.730. The number of piperidine rings is 1. The molecule has 1 amide bonds. The van der Waals surface area contributed by atoms with Gasteiger partial charge in [-0.05, 0) is 61.7 Å². The highest BCUT2D eigenvalue weighted by Crippen LogP contribution is 2.53. The van der Waals surface area contributed by atoms with Gasteiger partial charge in [0.2, 0.25) is 0 Å². The number of nitrogens with zero attached hydrogens (tertiary/aromatic N) is 1. The summed E-state index contributed by atoms with van der Waals surface area (Å²) in [6, 6.07) is 6.17. The lowest BCUT2D eigenvalue weighted by atomic mass is 9.53. The number of carbonyl (C=O) groups excluding carboxylic acids is 1. The molecule has 2 aliphatic rings. The second-order valence-electron chi connectivity index (χ2n) is 8.89. The number of phenols is 1. The minimum atomic E-state index is -1.32. The maximum atomic E-state index is 13.2. The molecule has 3 atom stereocenters. The fraction of sp³-hybridized carbons (Fsp3) is 0.478. The molecule has 8 heteroatoms. The first-order valence-corrected chi connectivity index (χ1v) is 10.5. The first-order valence-electron chi connectivity index (χ1n) is 10.5. The van der Waals surface area contributed by atoms with E-state index >= 15 is 0 Å². The fourth-order valence-electron chi connectivity index (χ4n) is 5.71. The number of amides is 1. The SMILES string of the molecule is Cc1ccc(O)cc1C12CCN(CCF)C(C)C1(O)Cc1cc(C(N)=O)c(=O)[nH]c1C2. The number of benzene rings is 1. The molecule has 2 aromatic rings. The highest BCUT2D eigenvalue weighted by atomic mass is 19.1. The summed E-state index contributed by atoms with van der Waals surface area (Å²) in [6.07, 6.45) is 1.01. The lowest BCUT2D eigenvalue weighted by molar-refractivity contribution is -0.139. The van der Waals surface area contributed by atoms with Gasteiger partial charge in [0, 0.05) is 36.5 Å². The maximum Gasteiger partial charge on any atom is 0.261 e. The van der Waals surface area contributed by atoms with Gasteiger partial charge in [-0.25, -0.2) is 4.39 Å². The van der Waals surface area contributed by atoms with E-state index in [9.17, 15) is 24.2 Å². The minimum Gasteiger partial charge on any atom is -0.508 e. The van der Waals surface area contributed by atoms with E-state index in [1.165, 1.54) is 6.07 Å². The number of aromatic hydroxyl groups is 1. The van der Waals surface area contributed by atoms with E-state index in [0.717, 1.165) is 11.1 Å². The number of aliphatic hydroxyl groups is 1. The number of halogens is 1. The molecule has 1 aliphatic heterocycles. The van der Waals surface area contributed by atoms with Crippen LogP contribution in [0.3, 0.4) is 0 Å². The number of primary amides is 1. The molecule has 1 aromatic carbocycles. The molecule has 5 N–H and O–H groups in total. The van der Waals surface area contributed by atoms with Crippen molar-refractivity contribution < 1.29 is 19.4 Å². The van der Waals surface area contributed by atoms with Crippen molar-refractivity contribution in [2.45, 2.75) is 50.2 Å². The van der Waals surface area contributed by atoms with E-state index in [2.05, 4.69) is 4.98 Å². The van der Waals surface area contributed by atoms with Crippen LogP contribution in [-0.4, -0.2) is 57.4 Å². The summed E-state index contributed by atoms with van der Waals surface area (Å²) in [5.41, 5.74) is 5.57. The van der Waals surface area contributed by atoms with Crippen LogP contribution < -0.4 is 11.3 Å². The molecule has 3 unspecified atom stereocenters. The van der Waals surface area contributed by atoms with Crippen molar-refractivity contribution in [2.24, 2.45) is 5.73 Å². The zero-order valence-corrected chi connectivity index (χ0v) is 17.7. The first-order chi connectivity index (χ1) is 14.6. The molecule has 31 heavy (non-hydrogen) atoms. The Labute approximate surface area is 179 Å². The Morgan fingerprint density at radius 1 is 1.35 bits per heavy atom. The molecule has 0 radical (unpaired) electrons. The molecule has 1 fully saturated rings. The third kappa shape index (κ3) is 3.16. The average Bonchev–Trinajstić information content (AvgIpc) is 2.71. The van der Waals surface area contributed by atoms with E-state index in [-0.39, 0.29) is 24.3 Å². The Kier molecular flexibility index (Phi) is 5.18. The third-order valence-corrected chi connectivity index (χ3v) is 7.42. The lowest BCUT2D eigenvalue weighted by Crippen LogP contribution is -2.71. The number of nitrogens with two attached hydrogens (primary N) is 1. The normalized spacial score (nSPS) is 28.1. The van der Waals surface area contributed by atoms with Crippen LogP contribution in [0, 0.1) is 6.92 Å². The van der Waals surface area contributed by atoms with Crippen molar-refractivity contribution >= 4 is 5.91 Å². The number of aryl methyl sites for hydroxylation is 1. The summed E-state index contributed by atoms with van der Waals surface area (Å²) in [4.78, 5) is 28.9. The molecular weight excluding hydrogens is 401 g/mol. The Morgan fingerprint density at radius 2 is 2.10 bits per heavy atom. The quantitative estimate of drug-likeness (QED) is 0.584. The number of carbonyl (C=O) groups is 1. The van der Waals surface area contributed by atoms with Crippen molar-refractivity contribution in [1.29, 1.82) is 0 Å². The highest BCUT2D eigenvalue weighted by Gasteiger charge is 2.61. The number of fused-ring (bicyclic) bond motifs is 2. The van der Waals surface area contributed by atoms with Crippen molar-refractivity contribution in [2.75, 3.05) is 19.8 Å². The number of phenolic OH excluding ortho intramolecular Hbond substituents is 1. The molecule has 0 spiro atoms. The number of H-pyrrole nitrogens is 1. The molecule has 1 saturated heterocycles. The first kappa shape index (κ1) is 21.5. The predicted octanol–water partition coefficient (Wildman–Crippen LogP) is 1.32. The Balaban J connectivity index is 1.95. The number of likely N-dealkylation sites (tertiary alicyclic amines) is 1. The Morgan fingerprint density at radius 3 is 2.77 bits per heavy atom. The monoisotopic (exact) mass is 429 g/mol. The zero-order valence-electron chi connectivity index (χ0n) is 17.7. The largest absolute Gasteiger partial charge is 0.508 e. The van der Waals surface area contributed by atoms with Gasteiger partial charge >= 0.3 is 0 Å². The molecule has 1 aliphatic carbocycles. The molecular formula is C23H28FN3O4. The van der Waals surface area contributed by atoms with Crippen molar-refractivity contribution in [1.82, 2.24) is 9.88 Å². The van der Waals surface area contributed by atoms with E-state index in [4.69, 9.17) is 5.73 Å². The summed E-state index contributed by atoms with van der Waals surface area (Å²) in [6.45, 7) is 4.07. The van der Waals surface area contributed by atoms with Crippen LogP contribution >= 0.6 is 0 Å². The fourth-order valence-corrected chi connectivity index (χ4v) is 5.71. The number of rotatable bonds is 4. The molecule has 4 rings (SSSR count). The lowest BCUT2D eigenvalue weighted by Gasteiger charge is -2.60. The van der Waals surface area contributed by atoms with Crippen LogP contribution in [0.2, 0.25) is 0 Å². The van der Waals surface area contributed by atoms with Gasteiger partial charge in [0.25, 0.3) is 11.5 Å². The molecule has 0 bridgehead atoms. The van der Waals surface area contributed by atoms with Gasteiger partial charge in [-0.15, -0.1) is 0 Å². The zero-order chi connectivity index (χ0) is 22.6. The summed E-state index contributed by atoms with van der Waals surface area (Å²) in [5, 5.41) is 22.5. The van der Waals surface area contributed by atoms with Crippen LogP contribution in [0.1, 0.15) is 46.1 Å². The van der Waals surface area contributed by atoms with Crippen LogP contribution in [0.4, 0.5) is 4.39 Å². The third-order valence-electron chi connectivity index (χ3n) is 7.42. The van der Waals surface area contributed by atoms with Crippen LogP contribution in [0.25, 0.3) is 0 Å². The second-order valence-corrected chi connectivity index (χ2v) is 8.89. The number of pyridine rings is 1.